The normalized spacial score (nSPS) is 13.2. The minimum Gasteiger partial charge on any atom is -0.438 e. The van der Waals surface area contributed by atoms with Gasteiger partial charge in [0.05, 0.1) is 0 Å². The SMILES string of the molecule is Cc1ccc(-c2nc3cc(C(c4cc(F)c5oc(C)nc5c4)C(F)(F)F)cc(F)c3o2)cc1. The van der Waals surface area contributed by atoms with Crippen LogP contribution < -0.4 is 0 Å². The van der Waals surface area contributed by atoms with Crippen LogP contribution in [0, 0.1) is 25.5 Å². The number of aryl methyl sites for hydroxylation is 2. The van der Waals surface area contributed by atoms with Crippen LogP contribution in [0.1, 0.15) is 28.5 Å². The maximum absolute atomic E-state index is 14.8. The maximum atomic E-state index is 14.8. The molecular formula is C24H15F5N2O2. The summed E-state index contributed by atoms with van der Waals surface area (Å²) in [6.07, 6.45) is -4.84. The lowest BCUT2D eigenvalue weighted by molar-refractivity contribution is -0.141. The number of benzene rings is 3. The summed E-state index contributed by atoms with van der Waals surface area (Å²) in [5, 5.41) is 0. The molecule has 0 fully saturated rings. The summed E-state index contributed by atoms with van der Waals surface area (Å²) >= 11 is 0. The van der Waals surface area contributed by atoms with Gasteiger partial charge in [-0.3, -0.25) is 0 Å². The van der Waals surface area contributed by atoms with Crippen molar-refractivity contribution in [3.05, 3.63) is 82.7 Å². The molecule has 9 heteroatoms. The molecule has 0 saturated heterocycles. The maximum Gasteiger partial charge on any atom is 0.399 e. The summed E-state index contributed by atoms with van der Waals surface area (Å²) in [5.74, 6) is -4.10. The fourth-order valence-corrected chi connectivity index (χ4v) is 3.86. The predicted molar refractivity (Wildman–Crippen MR) is 111 cm³/mol. The molecule has 2 aromatic heterocycles. The van der Waals surface area contributed by atoms with Crippen molar-refractivity contribution in [3.8, 4) is 11.5 Å². The molecule has 0 aliphatic carbocycles. The third-order valence-electron chi connectivity index (χ3n) is 5.33. The highest BCUT2D eigenvalue weighted by molar-refractivity contribution is 5.79. The van der Waals surface area contributed by atoms with Crippen molar-refractivity contribution < 1.29 is 30.8 Å². The van der Waals surface area contributed by atoms with E-state index < -0.39 is 34.9 Å². The number of oxazole rings is 2. The molecule has 4 nitrogen and oxygen atoms in total. The Hall–Kier alpha value is -3.75. The summed E-state index contributed by atoms with van der Waals surface area (Å²) in [4.78, 5) is 8.12. The smallest absolute Gasteiger partial charge is 0.399 e. The summed E-state index contributed by atoms with van der Waals surface area (Å²) in [7, 11) is 0. The fourth-order valence-electron chi connectivity index (χ4n) is 3.86. The van der Waals surface area contributed by atoms with Gasteiger partial charge < -0.3 is 8.83 Å². The average molecular weight is 458 g/mol. The standard InChI is InChI=1S/C24H15F5N2O2/c1-11-3-5-13(6-4-11)23-31-19-10-15(8-17(26)22(19)33-23)20(24(27,28)29)14-7-16(25)21-18(9-14)30-12(2)32-21/h3-10,20H,1-2H3. The molecule has 1 atom stereocenters. The summed E-state index contributed by atoms with van der Waals surface area (Å²) in [5.41, 5.74) is 0.0519. The van der Waals surface area contributed by atoms with Gasteiger partial charge in [-0.05, 0) is 54.4 Å². The Balaban J connectivity index is 1.66. The van der Waals surface area contributed by atoms with Crippen LogP contribution in [0.2, 0.25) is 0 Å². The van der Waals surface area contributed by atoms with Crippen molar-refractivity contribution in [2.45, 2.75) is 25.9 Å². The van der Waals surface area contributed by atoms with Gasteiger partial charge in [-0.15, -0.1) is 0 Å². The van der Waals surface area contributed by atoms with Gasteiger partial charge in [0.25, 0.3) is 0 Å². The van der Waals surface area contributed by atoms with E-state index >= 15 is 0 Å². The molecule has 0 aliphatic rings. The van der Waals surface area contributed by atoms with Crippen LogP contribution in [0.4, 0.5) is 22.0 Å². The van der Waals surface area contributed by atoms with E-state index in [0.717, 1.165) is 29.8 Å². The highest BCUT2D eigenvalue weighted by atomic mass is 19.4. The fraction of sp³-hybridized carbons (Fsp3) is 0.167. The Morgan fingerprint density at radius 1 is 0.758 bits per heavy atom. The van der Waals surface area contributed by atoms with Crippen LogP contribution in [0.5, 0.6) is 0 Å². The Morgan fingerprint density at radius 3 is 1.88 bits per heavy atom. The first-order valence-corrected chi connectivity index (χ1v) is 9.90. The number of rotatable bonds is 3. The second kappa shape index (κ2) is 7.40. The molecule has 0 amide bonds. The zero-order valence-electron chi connectivity index (χ0n) is 17.3. The van der Waals surface area contributed by atoms with E-state index in [9.17, 15) is 22.0 Å². The molecule has 3 aromatic carbocycles. The van der Waals surface area contributed by atoms with E-state index in [1.807, 2.05) is 19.1 Å². The minimum absolute atomic E-state index is 0.0543. The lowest BCUT2D eigenvalue weighted by Gasteiger charge is -2.21. The lowest BCUT2D eigenvalue weighted by atomic mass is 9.90. The predicted octanol–water partition coefficient (Wildman–Crippen LogP) is 7.23. The summed E-state index contributed by atoms with van der Waals surface area (Å²) in [6.45, 7) is 3.35. The number of aromatic nitrogens is 2. The molecule has 0 bridgehead atoms. The molecule has 33 heavy (non-hydrogen) atoms. The molecule has 2 heterocycles. The van der Waals surface area contributed by atoms with Gasteiger partial charge in [-0.25, -0.2) is 18.7 Å². The average Bonchev–Trinajstić information content (AvgIpc) is 3.31. The van der Waals surface area contributed by atoms with Gasteiger partial charge in [0, 0.05) is 12.5 Å². The van der Waals surface area contributed by atoms with Crippen LogP contribution in [-0.4, -0.2) is 16.1 Å². The largest absolute Gasteiger partial charge is 0.438 e. The molecule has 5 aromatic rings. The number of halogens is 5. The van der Waals surface area contributed by atoms with E-state index in [4.69, 9.17) is 8.83 Å². The first-order chi connectivity index (χ1) is 15.6. The van der Waals surface area contributed by atoms with E-state index in [2.05, 4.69) is 9.97 Å². The van der Waals surface area contributed by atoms with E-state index in [1.54, 1.807) is 12.1 Å². The van der Waals surface area contributed by atoms with E-state index in [0.29, 0.717) is 5.56 Å². The van der Waals surface area contributed by atoms with Gasteiger partial charge in [-0.1, -0.05) is 17.7 Å². The first-order valence-electron chi connectivity index (χ1n) is 9.90. The number of hydrogen-bond donors (Lipinski definition) is 0. The second-order valence-electron chi connectivity index (χ2n) is 7.79. The van der Waals surface area contributed by atoms with Crippen LogP contribution in [-0.2, 0) is 0 Å². The highest BCUT2D eigenvalue weighted by Crippen LogP contribution is 2.43. The van der Waals surface area contributed by atoms with Crippen LogP contribution in [0.15, 0.2) is 57.4 Å². The van der Waals surface area contributed by atoms with Gasteiger partial charge in [0.1, 0.15) is 17.0 Å². The summed E-state index contributed by atoms with van der Waals surface area (Å²) in [6, 6.07) is 10.7. The molecule has 0 radical (unpaired) electrons. The number of hydrogen-bond acceptors (Lipinski definition) is 4. The van der Waals surface area contributed by atoms with E-state index in [-0.39, 0.29) is 34.0 Å². The van der Waals surface area contributed by atoms with Crippen LogP contribution >= 0.6 is 0 Å². The third kappa shape index (κ3) is 3.73. The Labute approximate surface area is 183 Å². The number of alkyl halides is 3. The van der Waals surface area contributed by atoms with Crippen LogP contribution in [0.3, 0.4) is 0 Å². The van der Waals surface area contributed by atoms with Gasteiger partial charge in [-0.2, -0.15) is 13.2 Å². The first kappa shape index (κ1) is 21.1. The van der Waals surface area contributed by atoms with Gasteiger partial charge in [0.15, 0.2) is 28.7 Å². The zero-order chi connectivity index (χ0) is 23.5. The summed E-state index contributed by atoms with van der Waals surface area (Å²) < 4.78 is 82.3. The Kier molecular flexibility index (Phi) is 4.73. The lowest BCUT2D eigenvalue weighted by Crippen LogP contribution is -2.22. The zero-order valence-corrected chi connectivity index (χ0v) is 17.3. The second-order valence-corrected chi connectivity index (χ2v) is 7.79. The van der Waals surface area contributed by atoms with Crippen molar-refractivity contribution >= 4 is 22.2 Å². The number of fused-ring (bicyclic) bond motifs is 2. The monoisotopic (exact) mass is 458 g/mol. The molecule has 0 saturated carbocycles. The molecule has 168 valence electrons. The Bertz CT molecular complexity index is 1500. The molecule has 0 aliphatic heterocycles. The van der Waals surface area contributed by atoms with Crippen molar-refractivity contribution in [3.63, 3.8) is 0 Å². The minimum atomic E-state index is -4.84. The quantitative estimate of drug-likeness (QED) is 0.268. The number of nitrogens with zero attached hydrogens (tertiary/aromatic N) is 2. The molecule has 1 unspecified atom stereocenters. The van der Waals surface area contributed by atoms with Crippen molar-refractivity contribution in [2.24, 2.45) is 0 Å². The highest BCUT2D eigenvalue weighted by Gasteiger charge is 2.43. The topological polar surface area (TPSA) is 52.1 Å². The third-order valence-corrected chi connectivity index (χ3v) is 5.33. The van der Waals surface area contributed by atoms with Crippen molar-refractivity contribution in [1.29, 1.82) is 0 Å². The molecule has 5 rings (SSSR count). The molecule has 0 spiro atoms. The van der Waals surface area contributed by atoms with Crippen molar-refractivity contribution in [1.82, 2.24) is 9.97 Å². The molecule has 0 N–H and O–H groups in total. The van der Waals surface area contributed by atoms with Crippen LogP contribution in [0.25, 0.3) is 33.7 Å². The Morgan fingerprint density at radius 2 is 1.30 bits per heavy atom. The molecular weight excluding hydrogens is 443 g/mol. The van der Waals surface area contributed by atoms with E-state index in [1.165, 1.54) is 6.92 Å². The van der Waals surface area contributed by atoms with Gasteiger partial charge in [0.2, 0.25) is 5.89 Å². The van der Waals surface area contributed by atoms with Gasteiger partial charge >= 0.3 is 6.18 Å². The van der Waals surface area contributed by atoms with Crippen molar-refractivity contribution in [2.75, 3.05) is 0 Å².